The smallest absolute Gasteiger partial charge is 0.134 e. The van der Waals surface area contributed by atoms with Crippen molar-refractivity contribution in [3.05, 3.63) is 35.5 Å². The van der Waals surface area contributed by atoms with E-state index in [0.29, 0.717) is 0 Å². The first-order chi connectivity index (χ1) is 13.5. The highest BCUT2D eigenvalue weighted by Gasteiger charge is 2.23. The Bertz CT molecular complexity index is 1190. The maximum absolute atomic E-state index is 5.74. The summed E-state index contributed by atoms with van der Waals surface area (Å²) in [6.07, 6.45) is 1.98. The Morgan fingerprint density at radius 3 is 2.07 bits per heavy atom. The molecule has 6 heteroatoms. The van der Waals surface area contributed by atoms with Crippen LogP contribution in [0.25, 0.3) is 33.1 Å². The van der Waals surface area contributed by atoms with E-state index in [1.165, 1.54) is 0 Å². The molecule has 4 aromatic rings. The molecule has 0 bridgehead atoms. The lowest BCUT2D eigenvalue weighted by Crippen LogP contribution is -1.94. The number of fused-ring (bicyclic) bond motifs is 2. The van der Waals surface area contributed by atoms with Crippen molar-refractivity contribution in [2.75, 3.05) is 28.4 Å². The molecule has 2 aromatic carbocycles. The van der Waals surface area contributed by atoms with Crippen LogP contribution in [0.5, 0.6) is 23.0 Å². The number of H-pyrrole nitrogens is 2. The van der Waals surface area contributed by atoms with Crippen molar-refractivity contribution >= 4 is 21.8 Å². The minimum absolute atomic E-state index is 0.729. The van der Waals surface area contributed by atoms with E-state index >= 15 is 0 Å². The number of benzene rings is 2. The molecular formula is C22H24N2O4. The van der Waals surface area contributed by atoms with E-state index in [1.807, 2.05) is 24.4 Å². The van der Waals surface area contributed by atoms with Crippen molar-refractivity contribution in [2.45, 2.75) is 13.8 Å². The summed E-state index contributed by atoms with van der Waals surface area (Å²) >= 11 is 0. The Balaban J connectivity index is 2.11. The lowest BCUT2D eigenvalue weighted by atomic mass is 10.0. The number of aromatic amines is 2. The van der Waals surface area contributed by atoms with Crippen LogP contribution in [-0.2, 0) is 0 Å². The van der Waals surface area contributed by atoms with Gasteiger partial charge in [0.05, 0.1) is 50.7 Å². The third kappa shape index (κ3) is 2.48. The molecule has 4 rings (SSSR count). The number of hydrogen-bond acceptors (Lipinski definition) is 4. The maximum Gasteiger partial charge on any atom is 0.134 e. The highest BCUT2D eigenvalue weighted by Crippen LogP contribution is 2.46. The number of ether oxygens (including phenoxy) is 4. The minimum atomic E-state index is 0.729. The van der Waals surface area contributed by atoms with Gasteiger partial charge in [0.25, 0.3) is 0 Å². The molecule has 0 saturated carbocycles. The van der Waals surface area contributed by atoms with Crippen LogP contribution in [-0.4, -0.2) is 38.4 Å². The van der Waals surface area contributed by atoms with Crippen molar-refractivity contribution in [1.82, 2.24) is 9.97 Å². The van der Waals surface area contributed by atoms with Gasteiger partial charge in [-0.05, 0) is 25.0 Å². The number of methoxy groups -OCH3 is 4. The van der Waals surface area contributed by atoms with Gasteiger partial charge in [0.15, 0.2) is 0 Å². The molecule has 0 fully saturated rings. The monoisotopic (exact) mass is 380 g/mol. The number of nitrogens with one attached hydrogen (secondary N) is 2. The predicted molar refractivity (Wildman–Crippen MR) is 111 cm³/mol. The van der Waals surface area contributed by atoms with Crippen LogP contribution in [0.2, 0.25) is 0 Å². The van der Waals surface area contributed by atoms with E-state index < -0.39 is 0 Å². The zero-order chi connectivity index (χ0) is 20.0. The molecule has 0 amide bonds. The normalized spacial score (nSPS) is 11.2. The Labute approximate surface area is 163 Å². The van der Waals surface area contributed by atoms with Crippen LogP contribution in [0.4, 0.5) is 0 Å². The number of hydrogen-bond donors (Lipinski definition) is 2. The molecule has 6 nitrogen and oxygen atoms in total. The van der Waals surface area contributed by atoms with Gasteiger partial charge in [-0.25, -0.2) is 0 Å². The molecule has 0 aliphatic heterocycles. The fourth-order valence-corrected chi connectivity index (χ4v) is 3.95. The van der Waals surface area contributed by atoms with Crippen molar-refractivity contribution in [2.24, 2.45) is 0 Å². The van der Waals surface area contributed by atoms with Gasteiger partial charge in [-0.2, -0.15) is 0 Å². The molecule has 28 heavy (non-hydrogen) atoms. The first-order valence-corrected chi connectivity index (χ1v) is 9.01. The molecule has 2 aromatic heterocycles. The van der Waals surface area contributed by atoms with Crippen LogP contribution >= 0.6 is 0 Å². The number of aromatic nitrogens is 2. The molecule has 0 saturated heterocycles. The second-order valence-electron chi connectivity index (χ2n) is 6.75. The van der Waals surface area contributed by atoms with Crippen molar-refractivity contribution in [1.29, 1.82) is 0 Å². The van der Waals surface area contributed by atoms with Crippen molar-refractivity contribution < 1.29 is 18.9 Å². The van der Waals surface area contributed by atoms with E-state index in [9.17, 15) is 0 Å². The van der Waals surface area contributed by atoms with E-state index in [2.05, 4.69) is 23.8 Å². The van der Waals surface area contributed by atoms with Gasteiger partial charge in [0, 0.05) is 35.2 Å². The Morgan fingerprint density at radius 1 is 0.750 bits per heavy atom. The third-order valence-corrected chi connectivity index (χ3v) is 5.31. The van der Waals surface area contributed by atoms with Crippen LogP contribution < -0.4 is 18.9 Å². The van der Waals surface area contributed by atoms with Gasteiger partial charge in [0.1, 0.15) is 23.0 Å². The standard InChI is InChI=1S/C22H24N2O4/c1-11-10-23-22-18(11)16(27-5)9-17(28-6)20(22)21-12(2)19-14(24-21)7-13(25-3)8-15(19)26-4/h7-10,23-24H,1-6H3. The maximum atomic E-state index is 5.74. The van der Waals surface area contributed by atoms with Gasteiger partial charge in [0.2, 0.25) is 0 Å². The second kappa shape index (κ2) is 6.71. The lowest BCUT2D eigenvalue weighted by Gasteiger charge is -2.13. The molecule has 0 spiro atoms. The number of rotatable bonds is 5. The first-order valence-electron chi connectivity index (χ1n) is 9.01. The van der Waals surface area contributed by atoms with Gasteiger partial charge in [-0.3, -0.25) is 0 Å². The summed E-state index contributed by atoms with van der Waals surface area (Å²) in [5.74, 6) is 3.01. The summed E-state index contributed by atoms with van der Waals surface area (Å²) in [6.45, 7) is 4.14. The molecule has 0 aliphatic rings. The highest BCUT2D eigenvalue weighted by atomic mass is 16.5. The van der Waals surface area contributed by atoms with Crippen LogP contribution in [0, 0.1) is 13.8 Å². The molecule has 146 valence electrons. The molecule has 0 aliphatic carbocycles. The Morgan fingerprint density at radius 2 is 1.43 bits per heavy atom. The topological polar surface area (TPSA) is 68.5 Å². The molecule has 0 radical (unpaired) electrons. The zero-order valence-corrected chi connectivity index (χ0v) is 16.9. The summed E-state index contributed by atoms with van der Waals surface area (Å²) in [6, 6.07) is 5.80. The quantitative estimate of drug-likeness (QED) is 0.513. The van der Waals surface area contributed by atoms with E-state index in [0.717, 1.165) is 67.2 Å². The molecular weight excluding hydrogens is 356 g/mol. The van der Waals surface area contributed by atoms with Crippen LogP contribution in [0.1, 0.15) is 11.1 Å². The number of aryl methyl sites for hydroxylation is 2. The Hall–Kier alpha value is -3.28. The minimum Gasteiger partial charge on any atom is -0.497 e. The van der Waals surface area contributed by atoms with Gasteiger partial charge >= 0.3 is 0 Å². The highest BCUT2D eigenvalue weighted by molar-refractivity contribution is 6.06. The average Bonchev–Trinajstić information content (AvgIpc) is 3.26. The zero-order valence-electron chi connectivity index (χ0n) is 16.9. The SMILES string of the molecule is COc1cc(OC)c2c(C)c(-c3c(OC)cc(OC)c4c(C)c[nH]c34)[nH]c2c1. The molecule has 2 N–H and O–H groups in total. The molecule has 0 atom stereocenters. The van der Waals surface area contributed by atoms with E-state index in [4.69, 9.17) is 18.9 Å². The second-order valence-corrected chi connectivity index (χ2v) is 6.75. The van der Waals surface area contributed by atoms with E-state index in [1.54, 1.807) is 28.4 Å². The summed E-state index contributed by atoms with van der Waals surface area (Å²) in [7, 11) is 6.66. The van der Waals surface area contributed by atoms with Gasteiger partial charge in [-0.15, -0.1) is 0 Å². The summed E-state index contributed by atoms with van der Waals surface area (Å²) in [5.41, 5.74) is 6.02. The summed E-state index contributed by atoms with van der Waals surface area (Å²) in [4.78, 5) is 6.93. The fraction of sp³-hybridized carbons (Fsp3) is 0.273. The first kappa shape index (κ1) is 18.1. The van der Waals surface area contributed by atoms with Gasteiger partial charge < -0.3 is 28.9 Å². The molecule has 2 heterocycles. The van der Waals surface area contributed by atoms with E-state index in [-0.39, 0.29) is 0 Å². The average molecular weight is 380 g/mol. The van der Waals surface area contributed by atoms with Crippen LogP contribution in [0.3, 0.4) is 0 Å². The molecule has 0 unspecified atom stereocenters. The van der Waals surface area contributed by atoms with Crippen LogP contribution in [0.15, 0.2) is 24.4 Å². The lowest BCUT2D eigenvalue weighted by molar-refractivity contribution is 0.398. The Kier molecular flexibility index (Phi) is 4.34. The largest absolute Gasteiger partial charge is 0.497 e. The van der Waals surface area contributed by atoms with Crippen molar-refractivity contribution in [3.8, 4) is 34.3 Å². The predicted octanol–water partition coefficient (Wildman–Crippen LogP) is 4.97. The fourth-order valence-electron chi connectivity index (χ4n) is 3.95. The summed E-state index contributed by atoms with van der Waals surface area (Å²) in [5, 5.41) is 2.06. The van der Waals surface area contributed by atoms with Gasteiger partial charge in [-0.1, -0.05) is 0 Å². The third-order valence-electron chi connectivity index (χ3n) is 5.31. The summed E-state index contributed by atoms with van der Waals surface area (Å²) < 4.78 is 22.4. The van der Waals surface area contributed by atoms with Crippen molar-refractivity contribution in [3.63, 3.8) is 0 Å².